The molecule has 1 aromatic heterocycles. The van der Waals surface area contributed by atoms with Gasteiger partial charge in [-0.3, -0.25) is 9.69 Å². The Hall–Kier alpha value is -3.50. The standard InChI is InChI=1S/C28H27F3N4O2S/c1-37-25-9-5-2-6-19(25)15-32-26(36)24-14-21(38-27-33-22-7-3-4-8-23(22)34-27)17-35(24)16-18-10-12-20(13-11-18)28(29,30)31/h2-13,21,24H,14-17H2,1H3,(H,32,36)(H,33,34)/t21-,24+/m1/s1. The highest BCUT2D eigenvalue weighted by molar-refractivity contribution is 7.99. The fourth-order valence-corrected chi connectivity index (χ4v) is 5.90. The summed E-state index contributed by atoms with van der Waals surface area (Å²) in [5, 5.41) is 3.88. The van der Waals surface area contributed by atoms with Gasteiger partial charge in [0.1, 0.15) is 5.75 Å². The minimum absolute atomic E-state index is 0.0759. The lowest BCUT2D eigenvalue weighted by Crippen LogP contribution is -2.42. The number of amides is 1. The fraction of sp³-hybridized carbons (Fsp3) is 0.286. The smallest absolute Gasteiger partial charge is 0.416 e. The van der Waals surface area contributed by atoms with Crippen molar-refractivity contribution in [3.8, 4) is 5.75 Å². The molecule has 2 heterocycles. The van der Waals surface area contributed by atoms with Crippen LogP contribution in [-0.2, 0) is 24.1 Å². The highest BCUT2D eigenvalue weighted by Gasteiger charge is 2.38. The number of carbonyl (C=O) groups is 1. The van der Waals surface area contributed by atoms with Crippen LogP contribution in [0.5, 0.6) is 5.75 Å². The number of fused-ring (bicyclic) bond motifs is 1. The zero-order valence-corrected chi connectivity index (χ0v) is 21.5. The van der Waals surface area contributed by atoms with E-state index >= 15 is 0 Å². The van der Waals surface area contributed by atoms with Gasteiger partial charge in [0.25, 0.3) is 0 Å². The number of nitrogens with zero attached hydrogens (tertiary/aromatic N) is 2. The van der Waals surface area contributed by atoms with Crippen molar-refractivity contribution in [1.82, 2.24) is 20.2 Å². The number of halogens is 3. The summed E-state index contributed by atoms with van der Waals surface area (Å²) in [6, 6.07) is 20.0. The second-order valence-corrected chi connectivity index (χ2v) is 10.5. The number of thioether (sulfide) groups is 1. The van der Waals surface area contributed by atoms with Crippen molar-refractivity contribution in [3.05, 3.63) is 89.5 Å². The molecule has 1 fully saturated rings. The first-order valence-electron chi connectivity index (χ1n) is 12.2. The van der Waals surface area contributed by atoms with Crippen molar-refractivity contribution in [2.45, 2.75) is 42.1 Å². The molecule has 0 bridgehead atoms. The summed E-state index contributed by atoms with van der Waals surface area (Å²) in [5.41, 5.74) is 2.72. The van der Waals surface area contributed by atoms with E-state index in [0.29, 0.717) is 31.8 Å². The maximum absolute atomic E-state index is 13.4. The molecular weight excluding hydrogens is 513 g/mol. The van der Waals surface area contributed by atoms with Crippen molar-refractivity contribution in [1.29, 1.82) is 0 Å². The molecule has 0 aliphatic carbocycles. The minimum Gasteiger partial charge on any atom is -0.496 e. The second-order valence-electron chi connectivity index (χ2n) is 9.20. The molecule has 1 aliphatic rings. The molecule has 198 valence electrons. The maximum atomic E-state index is 13.4. The molecule has 2 N–H and O–H groups in total. The number of methoxy groups -OCH3 is 1. The van der Waals surface area contributed by atoms with Crippen LogP contribution in [-0.4, -0.2) is 45.7 Å². The Morgan fingerprint density at radius 2 is 1.84 bits per heavy atom. The van der Waals surface area contributed by atoms with E-state index in [0.717, 1.165) is 39.4 Å². The number of likely N-dealkylation sites (tertiary alicyclic amines) is 1. The lowest BCUT2D eigenvalue weighted by atomic mass is 10.1. The van der Waals surface area contributed by atoms with Crippen molar-refractivity contribution in [3.63, 3.8) is 0 Å². The number of imidazole rings is 1. The molecule has 6 nitrogen and oxygen atoms in total. The Labute approximate surface area is 222 Å². The first-order valence-corrected chi connectivity index (χ1v) is 13.1. The lowest BCUT2D eigenvalue weighted by Gasteiger charge is -2.24. The summed E-state index contributed by atoms with van der Waals surface area (Å²) >= 11 is 1.58. The predicted octanol–water partition coefficient (Wildman–Crippen LogP) is 5.64. The zero-order valence-electron chi connectivity index (χ0n) is 20.7. The third-order valence-electron chi connectivity index (χ3n) is 6.63. The molecule has 1 saturated heterocycles. The number of hydrogen-bond donors (Lipinski definition) is 2. The van der Waals surface area contributed by atoms with Gasteiger partial charge < -0.3 is 15.0 Å². The first kappa shape index (κ1) is 26.1. The second kappa shape index (κ2) is 11.1. The Morgan fingerprint density at radius 3 is 2.58 bits per heavy atom. The van der Waals surface area contributed by atoms with Crippen molar-refractivity contribution in [2.24, 2.45) is 0 Å². The summed E-state index contributed by atoms with van der Waals surface area (Å²) < 4.78 is 44.5. The van der Waals surface area contributed by atoms with Gasteiger partial charge in [-0.2, -0.15) is 13.2 Å². The van der Waals surface area contributed by atoms with Gasteiger partial charge in [-0.15, -0.1) is 0 Å². The number of nitrogens with one attached hydrogen (secondary N) is 2. The van der Waals surface area contributed by atoms with Gasteiger partial charge in [-0.1, -0.05) is 54.2 Å². The molecule has 0 unspecified atom stereocenters. The van der Waals surface area contributed by atoms with E-state index in [1.165, 1.54) is 12.1 Å². The average Bonchev–Trinajstić information content (AvgIpc) is 3.50. The number of alkyl halides is 3. The topological polar surface area (TPSA) is 70.2 Å². The summed E-state index contributed by atoms with van der Waals surface area (Å²) in [4.78, 5) is 23.4. The van der Waals surface area contributed by atoms with Gasteiger partial charge in [0.2, 0.25) is 5.91 Å². The first-order chi connectivity index (χ1) is 18.3. The molecule has 5 rings (SSSR count). The fourth-order valence-electron chi connectivity index (χ4n) is 4.72. The zero-order chi connectivity index (χ0) is 26.7. The number of rotatable bonds is 8. The number of aromatic nitrogens is 2. The predicted molar refractivity (Wildman–Crippen MR) is 141 cm³/mol. The molecule has 2 atom stereocenters. The van der Waals surface area contributed by atoms with E-state index in [-0.39, 0.29) is 11.2 Å². The van der Waals surface area contributed by atoms with Crippen LogP contribution in [0.1, 0.15) is 23.1 Å². The number of carbonyl (C=O) groups excluding carboxylic acids is 1. The number of H-pyrrole nitrogens is 1. The summed E-state index contributed by atoms with van der Waals surface area (Å²) in [6.07, 6.45) is -3.80. The molecule has 38 heavy (non-hydrogen) atoms. The van der Waals surface area contributed by atoms with Gasteiger partial charge in [0.15, 0.2) is 5.16 Å². The van der Waals surface area contributed by atoms with Crippen LogP contribution in [0, 0.1) is 0 Å². The van der Waals surface area contributed by atoms with Gasteiger partial charge in [-0.05, 0) is 42.3 Å². The number of aromatic amines is 1. The van der Waals surface area contributed by atoms with Crippen LogP contribution in [0.4, 0.5) is 13.2 Å². The highest BCUT2D eigenvalue weighted by atomic mass is 32.2. The average molecular weight is 541 g/mol. The van der Waals surface area contributed by atoms with Crippen LogP contribution in [0.25, 0.3) is 11.0 Å². The molecule has 1 amide bonds. The van der Waals surface area contributed by atoms with Gasteiger partial charge >= 0.3 is 6.18 Å². The number of hydrogen-bond acceptors (Lipinski definition) is 5. The highest BCUT2D eigenvalue weighted by Crippen LogP contribution is 2.34. The molecule has 3 aromatic carbocycles. The van der Waals surface area contributed by atoms with E-state index in [2.05, 4.69) is 15.3 Å². The van der Waals surface area contributed by atoms with Crippen LogP contribution < -0.4 is 10.1 Å². The number of para-hydroxylation sites is 3. The van der Waals surface area contributed by atoms with Gasteiger partial charge in [-0.25, -0.2) is 4.98 Å². The lowest BCUT2D eigenvalue weighted by molar-refractivity contribution is -0.137. The Balaban J connectivity index is 1.32. The summed E-state index contributed by atoms with van der Waals surface area (Å²) in [5.74, 6) is 0.565. The molecular formula is C28H27F3N4O2S. The third kappa shape index (κ3) is 5.97. The summed E-state index contributed by atoms with van der Waals surface area (Å²) in [7, 11) is 1.59. The normalized spacial score (nSPS) is 18.1. The van der Waals surface area contributed by atoms with Crippen molar-refractivity contribution < 1.29 is 22.7 Å². The van der Waals surface area contributed by atoms with E-state index in [4.69, 9.17) is 4.74 Å². The SMILES string of the molecule is COc1ccccc1CNC(=O)[C@@H]1C[C@@H](Sc2nc3ccccc3[nH]2)CN1Cc1ccc(C(F)(F)F)cc1. The third-order valence-corrected chi connectivity index (χ3v) is 7.72. The molecule has 4 aromatic rings. The molecule has 0 saturated carbocycles. The van der Waals surface area contributed by atoms with E-state index < -0.39 is 17.8 Å². The number of ether oxygens (including phenoxy) is 1. The monoisotopic (exact) mass is 540 g/mol. The van der Waals surface area contributed by atoms with E-state index in [1.807, 2.05) is 53.4 Å². The minimum atomic E-state index is -4.39. The Morgan fingerprint density at radius 1 is 1.11 bits per heavy atom. The molecule has 1 aliphatic heterocycles. The Kier molecular flexibility index (Phi) is 7.62. The molecule has 10 heteroatoms. The molecule has 0 spiro atoms. The maximum Gasteiger partial charge on any atom is 0.416 e. The van der Waals surface area contributed by atoms with Gasteiger partial charge in [0.05, 0.1) is 29.7 Å². The van der Waals surface area contributed by atoms with Crippen molar-refractivity contribution >= 4 is 28.7 Å². The largest absolute Gasteiger partial charge is 0.496 e. The quantitative estimate of drug-likeness (QED) is 0.303. The van der Waals surface area contributed by atoms with Gasteiger partial charge in [0, 0.05) is 30.4 Å². The van der Waals surface area contributed by atoms with Crippen LogP contribution >= 0.6 is 11.8 Å². The van der Waals surface area contributed by atoms with E-state index in [1.54, 1.807) is 18.9 Å². The van der Waals surface area contributed by atoms with Crippen LogP contribution in [0.15, 0.2) is 78.0 Å². The van der Waals surface area contributed by atoms with Crippen molar-refractivity contribution in [2.75, 3.05) is 13.7 Å². The summed E-state index contributed by atoms with van der Waals surface area (Å²) in [6.45, 7) is 1.27. The number of benzene rings is 3. The van der Waals surface area contributed by atoms with Crippen LogP contribution in [0.2, 0.25) is 0 Å². The van der Waals surface area contributed by atoms with Crippen LogP contribution in [0.3, 0.4) is 0 Å². The Bertz CT molecular complexity index is 1370. The van der Waals surface area contributed by atoms with E-state index in [9.17, 15) is 18.0 Å². The molecule has 0 radical (unpaired) electrons.